The summed E-state index contributed by atoms with van der Waals surface area (Å²) in [5, 5.41) is 0. The Kier molecular flexibility index (Phi) is 5.29. The zero-order chi connectivity index (χ0) is 22.3. The normalized spacial score (nSPS) is 52.1. The maximum Gasteiger partial charge on any atom is 0.136 e. The van der Waals surface area contributed by atoms with Crippen molar-refractivity contribution in [2.45, 2.75) is 105 Å². The molecule has 0 aromatic heterocycles. The number of hydrogen-bond donors (Lipinski definition) is 0. The highest BCUT2D eigenvalue weighted by Gasteiger charge is 2.77. The van der Waals surface area contributed by atoms with Crippen LogP contribution in [-0.4, -0.2) is 19.0 Å². The van der Waals surface area contributed by atoms with E-state index in [1.54, 1.807) is 0 Å². The molecule has 0 amide bonds. The second-order valence-corrected chi connectivity index (χ2v) is 13.6. The first-order valence-electron chi connectivity index (χ1n) is 13.7. The first-order chi connectivity index (χ1) is 14.6. The monoisotopic (exact) mass is 428 g/mol. The van der Waals surface area contributed by atoms with Gasteiger partial charge in [0, 0.05) is 24.9 Å². The van der Waals surface area contributed by atoms with Gasteiger partial charge in [0.25, 0.3) is 0 Å². The van der Waals surface area contributed by atoms with E-state index >= 15 is 0 Å². The summed E-state index contributed by atoms with van der Waals surface area (Å²) < 4.78 is 6.27. The van der Waals surface area contributed by atoms with E-state index < -0.39 is 0 Å². The Bertz CT molecular complexity index is 728. The second kappa shape index (κ2) is 7.31. The Morgan fingerprint density at radius 3 is 2.39 bits per heavy atom. The Labute approximate surface area is 191 Å². The Balaban J connectivity index is 1.37. The number of fused-ring (bicyclic) bond motifs is 4. The van der Waals surface area contributed by atoms with Gasteiger partial charge in [-0.1, -0.05) is 41.5 Å². The van der Waals surface area contributed by atoms with Crippen LogP contribution in [0.3, 0.4) is 0 Å². The number of carbonyl (C=O) groups excluding carboxylic acids is 1. The quantitative estimate of drug-likeness (QED) is 0.449. The fourth-order valence-electron chi connectivity index (χ4n) is 10.4. The number of carbonyl (C=O) groups is 1. The molecule has 0 aromatic rings. The molecule has 1 unspecified atom stereocenters. The average molecular weight is 429 g/mol. The zero-order valence-corrected chi connectivity index (χ0v) is 21.4. The van der Waals surface area contributed by atoms with Crippen LogP contribution in [0.1, 0.15) is 99.3 Å². The summed E-state index contributed by atoms with van der Waals surface area (Å²) in [4.78, 5) is 13.3. The fourth-order valence-corrected chi connectivity index (χ4v) is 10.4. The van der Waals surface area contributed by atoms with Gasteiger partial charge in [-0.15, -0.1) is 0 Å². The van der Waals surface area contributed by atoms with E-state index in [2.05, 4.69) is 41.5 Å². The number of methoxy groups -OCH3 is 1. The molecule has 0 radical (unpaired) electrons. The van der Waals surface area contributed by atoms with Crippen LogP contribution in [-0.2, 0) is 9.53 Å². The minimum atomic E-state index is 0.232. The third-order valence-corrected chi connectivity index (χ3v) is 12.7. The van der Waals surface area contributed by atoms with E-state index in [4.69, 9.17) is 4.74 Å². The number of Topliss-reactive ketones (excluding diaryl/α,β-unsaturated/α-hetero) is 1. The van der Waals surface area contributed by atoms with Crippen LogP contribution in [0, 0.1) is 63.6 Å². The van der Waals surface area contributed by atoms with Crippen molar-refractivity contribution in [1.82, 2.24) is 0 Å². The van der Waals surface area contributed by atoms with E-state index in [9.17, 15) is 4.79 Å². The molecule has 11 atom stereocenters. The molecule has 0 bridgehead atoms. The molecule has 0 aliphatic heterocycles. The molecule has 0 heterocycles. The summed E-state index contributed by atoms with van der Waals surface area (Å²) in [5.74, 6) is 5.93. The number of hydrogen-bond acceptors (Lipinski definition) is 2. The molecule has 0 saturated heterocycles. The minimum absolute atomic E-state index is 0.232. The molecule has 0 aromatic carbocycles. The molecule has 2 heteroatoms. The largest absolute Gasteiger partial charge is 0.381 e. The van der Waals surface area contributed by atoms with Crippen molar-refractivity contribution in [1.29, 1.82) is 0 Å². The SMILES string of the molecule is CO[C@@H]1C[C@H]2[C@@H]3CC[C@H]([C@H](C)C(=O)CC(C)C(C)C)[C@@]3(C)CC[C@@H]2[C@@]2(C)CC[C@@H]3C[C@]312. The lowest BCUT2D eigenvalue weighted by molar-refractivity contribution is -0.162. The molecule has 5 saturated carbocycles. The van der Waals surface area contributed by atoms with Gasteiger partial charge in [-0.05, 0) is 104 Å². The van der Waals surface area contributed by atoms with Gasteiger partial charge in [0.2, 0.25) is 0 Å². The van der Waals surface area contributed by atoms with Crippen LogP contribution >= 0.6 is 0 Å². The van der Waals surface area contributed by atoms with Gasteiger partial charge in [0.1, 0.15) is 5.78 Å². The first kappa shape index (κ1) is 22.4. The first-order valence-corrected chi connectivity index (χ1v) is 13.7. The van der Waals surface area contributed by atoms with Crippen LogP contribution in [0.2, 0.25) is 0 Å². The molecule has 5 aliphatic carbocycles. The molecule has 1 spiro atoms. The van der Waals surface area contributed by atoms with Crippen molar-refractivity contribution in [2.75, 3.05) is 7.11 Å². The lowest BCUT2D eigenvalue weighted by atomic mass is 9.45. The van der Waals surface area contributed by atoms with Crippen molar-refractivity contribution in [3.63, 3.8) is 0 Å². The van der Waals surface area contributed by atoms with Crippen molar-refractivity contribution in [3.8, 4) is 0 Å². The van der Waals surface area contributed by atoms with Crippen LogP contribution in [0.15, 0.2) is 0 Å². The summed E-state index contributed by atoms with van der Waals surface area (Å²) >= 11 is 0. The van der Waals surface area contributed by atoms with Gasteiger partial charge in [0.05, 0.1) is 6.10 Å². The average Bonchev–Trinajstić information content (AvgIpc) is 3.24. The van der Waals surface area contributed by atoms with Gasteiger partial charge in [-0.2, -0.15) is 0 Å². The number of rotatable bonds is 6. The van der Waals surface area contributed by atoms with Gasteiger partial charge in [-0.25, -0.2) is 0 Å². The highest BCUT2D eigenvalue weighted by atomic mass is 16.5. The third-order valence-electron chi connectivity index (χ3n) is 12.7. The zero-order valence-electron chi connectivity index (χ0n) is 21.4. The van der Waals surface area contributed by atoms with Gasteiger partial charge >= 0.3 is 0 Å². The smallest absolute Gasteiger partial charge is 0.136 e. The van der Waals surface area contributed by atoms with E-state index in [0.717, 1.165) is 30.1 Å². The predicted molar refractivity (Wildman–Crippen MR) is 127 cm³/mol. The Morgan fingerprint density at radius 1 is 1.00 bits per heavy atom. The summed E-state index contributed by atoms with van der Waals surface area (Å²) in [6.07, 6.45) is 12.3. The molecule has 31 heavy (non-hydrogen) atoms. The van der Waals surface area contributed by atoms with Crippen LogP contribution in [0.25, 0.3) is 0 Å². The van der Waals surface area contributed by atoms with E-state index in [0.29, 0.717) is 45.9 Å². The van der Waals surface area contributed by atoms with Gasteiger partial charge < -0.3 is 4.74 Å². The van der Waals surface area contributed by atoms with Crippen LogP contribution in [0.5, 0.6) is 0 Å². The van der Waals surface area contributed by atoms with Gasteiger partial charge in [-0.3, -0.25) is 4.79 Å². The molecule has 2 nitrogen and oxygen atoms in total. The van der Waals surface area contributed by atoms with E-state index in [-0.39, 0.29) is 5.92 Å². The van der Waals surface area contributed by atoms with E-state index in [1.807, 2.05) is 7.11 Å². The maximum absolute atomic E-state index is 13.3. The molecule has 176 valence electrons. The lowest BCUT2D eigenvalue weighted by Gasteiger charge is -2.61. The highest BCUT2D eigenvalue weighted by molar-refractivity contribution is 5.81. The van der Waals surface area contributed by atoms with Crippen molar-refractivity contribution in [2.24, 2.45) is 63.6 Å². The molecule has 5 aliphatic rings. The van der Waals surface area contributed by atoms with E-state index in [1.165, 1.54) is 51.4 Å². The summed E-state index contributed by atoms with van der Waals surface area (Å²) in [5.41, 5.74) is 1.39. The summed E-state index contributed by atoms with van der Waals surface area (Å²) in [6, 6.07) is 0. The number of ketones is 1. The second-order valence-electron chi connectivity index (χ2n) is 13.6. The molecule has 0 N–H and O–H groups in total. The Morgan fingerprint density at radius 2 is 1.74 bits per heavy atom. The van der Waals surface area contributed by atoms with Gasteiger partial charge in [0.15, 0.2) is 0 Å². The molecule has 5 fully saturated rings. The summed E-state index contributed by atoms with van der Waals surface area (Å²) in [7, 11) is 1.99. The van der Waals surface area contributed by atoms with Crippen LogP contribution in [0.4, 0.5) is 0 Å². The fraction of sp³-hybridized carbons (Fsp3) is 0.966. The topological polar surface area (TPSA) is 26.3 Å². The van der Waals surface area contributed by atoms with Crippen molar-refractivity contribution >= 4 is 5.78 Å². The Hall–Kier alpha value is -0.370. The third kappa shape index (κ3) is 2.88. The minimum Gasteiger partial charge on any atom is -0.381 e. The highest BCUT2D eigenvalue weighted by Crippen LogP contribution is 2.82. The lowest BCUT2D eigenvalue weighted by Crippen LogP contribution is -2.57. The van der Waals surface area contributed by atoms with Crippen molar-refractivity contribution in [3.05, 3.63) is 0 Å². The van der Waals surface area contributed by atoms with Crippen LogP contribution < -0.4 is 0 Å². The molecular formula is C29H48O2. The molecular weight excluding hydrogens is 380 g/mol. The predicted octanol–water partition coefficient (Wildman–Crippen LogP) is 7.16. The summed E-state index contributed by atoms with van der Waals surface area (Å²) in [6.45, 7) is 14.3. The molecule has 5 rings (SSSR count). The standard InChI is InChI=1S/C29H48O2/c1-17(2)18(3)14-25(30)19(4)22-8-9-23-21-15-26(31-7)29-16-20(29)10-13-28(29,6)24(21)11-12-27(22,23)5/h17-24,26H,8-16H2,1-7H3/t18?,19-,20+,21-,22+,23-,24-,26+,27+,28+,29-/m0/s1. The number of ether oxygens (including phenoxy) is 1. The maximum atomic E-state index is 13.3. The van der Waals surface area contributed by atoms with Crippen molar-refractivity contribution < 1.29 is 9.53 Å².